The maximum absolute atomic E-state index is 2.28. The van der Waals surface area contributed by atoms with Crippen molar-refractivity contribution in [3.8, 4) is 0 Å². The van der Waals surface area contributed by atoms with Crippen LogP contribution in [0.15, 0.2) is 146 Å². The Morgan fingerprint density at radius 2 is 0.593 bits per heavy atom. The van der Waals surface area contributed by atoms with E-state index < -0.39 is 0 Å². The van der Waals surface area contributed by atoms with E-state index in [2.05, 4.69) is 229 Å². The molecule has 0 amide bonds. The Hall–Kier alpha value is -4.68. The van der Waals surface area contributed by atoms with Crippen molar-refractivity contribution in [3.63, 3.8) is 0 Å². The second kappa shape index (κ2) is 28.8. The second-order valence-electron chi connectivity index (χ2n) is 13.9. The summed E-state index contributed by atoms with van der Waals surface area (Å²) in [6.07, 6.45) is 6.89. The molecule has 0 spiro atoms. The molecule has 0 aliphatic carbocycles. The first-order valence-corrected chi connectivity index (χ1v) is 20.3. The second-order valence-corrected chi connectivity index (χ2v) is 13.9. The molecule has 288 valence electrons. The van der Waals surface area contributed by atoms with Crippen molar-refractivity contribution in [2.24, 2.45) is 0 Å². The molecule has 0 unspecified atom stereocenters. The van der Waals surface area contributed by atoms with Crippen LogP contribution in [0, 0.1) is 41.5 Å². The molecular formula is C54H72. The summed E-state index contributed by atoms with van der Waals surface area (Å²) in [4.78, 5) is 0. The lowest BCUT2D eigenvalue weighted by molar-refractivity contribution is 1.04. The number of hydrogen-bond acceptors (Lipinski definition) is 0. The van der Waals surface area contributed by atoms with E-state index in [-0.39, 0.29) is 0 Å². The van der Waals surface area contributed by atoms with Crippen LogP contribution in [0.1, 0.15) is 108 Å². The van der Waals surface area contributed by atoms with Crippen molar-refractivity contribution >= 4 is 0 Å². The molecule has 0 N–H and O–H groups in total. The van der Waals surface area contributed by atoms with Crippen LogP contribution in [0.5, 0.6) is 0 Å². The van der Waals surface area contributed by atoms with Crippen molar-refractivity contribution in [1.29, 1.82) is 0 Å². The Labute approximate surface area is 332 Å². The highest BCUT2D eigenvalue weighted by Crippen LogP contribution is 2.09. The monoisotopic (exact) mass is 721 g/mol. The zero-order valence-electron chi connectivity index (χ0n) is 36.1. The quantitative estimate of drug-likeness (QED) is 0.161. The third-order valence-electron chi connectivity index (χ3n) is 9.34. The Morgan fingerprint density at radius 1 is 0.259 bits per heavy atom. The van der Waals surface area contributed by atoms with Gasteiger partial charge in [-0.15, -0.1) is 0 Å². The molecule has 54 heavy (non-hydrogen) atoms. The minimum Gasteiger partial charge on any atom is -0.0620 e. The smallest absolute Gasteiger partial charge is 0.0305 e. The van der Waals surface area contributed by atoms with Gasteiger partial charge in [-0.25, -0.2) is 0 Å². The van der Waals surface area contributed by atoms with E-state index in [0.29, 0.717) is 0 Å². The zero-order valence-corrected chi connectivity index (χ0v) is 36.1. The van der Waals surface area contributed by atoms with E-state index >= 15 is 0 Å². The molecule has 0 nitrogen and oxygen atoms in total. The van der Waals surface area contributed by atoms with Gasteiger partial charge in [0, 0.05) is 0 Å². The van der Waals surface area contributed by atoms with Crippen molar-refractivity contribution in [3.05, 3.63) is 212 Å². The molecule has 0 fully saturated rings. The lowest BCUT2D eigenvalue weighted by Gasteiger charge is -2.02. The highest BCUT2D eigenvalue weighted by atomic mass is 14.0. The van der Waals surface area contributed by atoms with Gasteiger partial charge in [0.1, 0.15) is 0 Å². The van der Waals surface area contributed by atoms with E-state index in [1.54, 1.807) is 0 Å². The van der Waals surface area contributed by atoms with E-state index in [1.807, 2.05) is 0 Å². The number of hydrogen-bond donors (Lipinski definition) is 0. The van der Waals surface area contributed by atoms with Gasteiger partial charge in [-0.05, 0) is 125 Å². The number of rotatable bonds is 6. The lowest BCUT2D eigenvalue weighted by atomic mass is 10.0. The fourth-order valence-corrected chi connectivity index (χ4v) is 5.43. The predicted octanol–water partition coefficient (Wildman–Crippen LogP) is 15.3. The Bertz CT molecular complexity index is 1680. The number of aryl methyl sites for hydroxylation is 12. The first-order valence-electron chi connectivity index (χ1n) is 20.3. The highest BCUT2D eigenvalue weighted by Gasteiger charge is 1.94. The Morgan fingerprint density at radius 3 is 0.870 bits per heavy atom. The SMILES string of the molecule is CCc1ccc(CC)cc1.CCc1cccc(CC)c1.CCc1ccccc1CC.Cc1ccc(C)cc1.Cc1cccc(C)c1.Cc1ccccc1C. The maximum atomic E-state index is 2.28. The third-order valence-corrected chi connectivity index (χ3v) is 9.34. The first kappa shape index (κ1) is 47.3. The fourth-order valence-electron chi connectivity index (χ4n) is 5.43. The van der Waals surface area contributed by atoms with Gasteiger partial charge < -0.3 is 0 Å². The summed E-state index contributed by atoms with van der Waals surface area (Å²) in [6.45, 7) is 25.8. The molecule has 0 aliphatic heterocycles. The average molecular weight is 721 g/mol. The van der Waals surface area contributed by atoms with Gasteiger partial charge in [-0.3, -0.25) is 0 Å². The molecule has 0 radical (unpaired) electrons. The summed E-state index contributed by atoms with van der Waals surface area (Å²) in [5.41, 5.74) is 16.8. The van der Waals surface area contributed by atoms with Crippen LogP contribution in [0.25, 0.3) is 0 Å². The van der Waals surface area contributed by atoms with Gasteiger partial charge in [0.15, 0.2) is 0 Å². The Kier molecular flexibility index (Phi) is 25.2. The van der Waals surface area contributed by atoms with Crippen LogP contribution in [-0.2, 0) is 38.5 Å². The summed E-state index contributed by atoms with van der Waals surface area (Å²) >= 11 is 0. The fraction of sp³-hybridized carbons (Fsp3) is 0.333. The maximum Gasteiger partial charge on any atom is -0.0305 e. The standard InChI is InChI=1S/3C10H14.3C8H10/c1-3-9-5-7-10(4-2)8-6-9;1-3-9-6-5-7-10(4-2)8-9;1-3-9-7-5-6-8-10(9)4-2;1-7-3-5-8(2)6-4-7;1-7-4-3-5-8(2)6-7;1-7-5-3-4-6-8(7)2/h3*5-8H,3-4H2,1-2H3;3*3-6H,1-2H3. The predicted molar refractivity (Wildman–Crippen MR) is 243 cm³/mol. The Balaban J connectivity index is 0.000000325. The first-order chi connectivity index (χ1) is 26.0. The topological polar surface area (TPSA) is 0 Å². The van der Waals surface area contributed by atoms with Crippen LogP contribution in [-0.4, -0.2) is 0 Å². The molecule has 0 aromatic heterocycles. The van der Waals surface area contributed by atoms with E-state index in [4.69, 9.17) is 0 Å². The summed E-state index contributed by atoms with van der Waals surface area (Å²) in [5, 5.41) is 0. The molecule has 0 heteroatoms. The highest BCUT2D eigenvalue weighted by molar-refractivity contribution is 5.27. The van der Waals surface area contributed by atoms with Crippen molar-refractivity contribution in [2.75, 3.05) is 0 Å². The lowest BCUT2D eigenvalue weighted by Crippen LogP contribution is -1.88. The molecule has 0 heterocycles. The van der Waals surface area contributed by atoms with Gasteiger partial charge in [0.25, 0.3) is 0 Å². The molecule has 0 bridgehead atoms. The molecule has 0 saturated carbocycles. The van der Waals surface area contributed by atoms with Crippen molar-refractivity contribution < 1.29 is 0 Å². The van der Waals surface area contributed by atoms with Gasteiger partial charge in [-0.2, -0.15) is 0 Å². The van der Waals surface area contributed by atoms with Gasteiger partial charge in [0.2, 0.25) is 0 Å². The van der Waals surface area contributed by atoms with Crippen LogP contribution in [0.4, 0.5) is 0 Å². The van der Waals surface area contributed by atoms with E-state index in [0.717, 1.165) is 38.5 Å². The molecule has 0 saturated heterocycles. The average Bonchev–Trinajstić information content (AvgIpc) is 3.21. The van der Waals surface area contributed by atoms with E-state index in [1.165, 1.54) is 66.8 Å². The normalized spacial score (nSPS) is 9.56. The molecule has 0 aliphatic rings. The van der Waals surface area contributed by atoms with Gasteiger partial charge in [0.05, 0.1) is 0 Å². The molecule has 6 aromatic rings. The minimum absolute atomic E-state index is 1.14. The summed E-state index contributed by atoms with van der Waals surface area (Å²) < 4.78 is 0. The minimum atomic E-state index is 1.14. The molecule has 6 rings (SSSR count). The van der Waals surface area contributed by atoms with Gasteiger partial charge in [-0.1, -0.05) is 209 Å². The van der Waals surface area contributed by atoms with Gasteiger partial charge >= 0.3 is 0 Å². The summed E-state index contributed by atoms with van der Waals surface area (Å²) in [7, 11) is 0. The number of benzene rings is 6. The van der Waals surface area contributed by atoms with Crippen molar-refractivity contribution in [2.45, 2.75) is 122 Å². The van der Waals surface area contributed by atoms with E-state index in [9.17, 15) is 0 Å². The van der Waals surface area contributed by atoms with Crippen molar-refractivity contribution in [1.82, 2.24) is 0 Å². The van der Waals surface area contributed by atoms with Crippen LogP contribution in [0.2, 0.25) is 0 Å². The van der Waals surface area contributed by atoms with Crippen LogP contribution in [0.3, 0.4) is 0 Å². The molecule has 0 atom stereocenters. The largest absolute Gasteiger partial charge is 0.0620 e. The molecular weight excluding hydrogens is 649 g/mol. The zero-order chi connectivity index (χ0) is 40.1. The molecule has 6 aromatic carbocycles. The summed E-state index contributed by atoms with van der Waals surface area (Å²) in [5.74, 6) is 0. The third kappa shape index (κ3) is 21.1. The van der Waals surface area contributed by atoms with Crippen LogP contribution < -0.4 is 0 Å². The van der Waals surface area contributed by atoms with Crippen LogP contribution >= 0.6 is 0 Å². The summed E-state index contributed by atoms with van der Waals surface area (Å²) in [6, 6.07) is 51.5.